The highest BCUT2D eigenvalue weighted by atomic mass is 79.9. The van der Waals surface area contributed by atoms with E-state index in [0.717, 1.165) is 33.5 Å². The van der Waals surface area contributed by atoms with Gasteiger partial charge in [0.05, 0.1) is 11.0 Å². The van der Waals surface area contributed by atoms with Gasteiger partial charge in [-0.05, 0) is 66.0 Å². The van der Waals surface area contributed by atoms with Gasteiger partial charge in [0, 0.05) is 9.35 Å². The first-order chi connectivity index (χ1) is 11.0. The van der Waals surface area contributed by atoms with E-state index in [1.807, 2.05) is 50.3 Å². The second kappa shape index (κ2) is 8.46. The molecule has 4 heteroatoms. The molecule has 0 radical (unpaired) electrons. The van der Waals surface area contributed by atoms with Gasteiger partial charge < -0.3 is 4.74 Å². The molecule has 0 aliphatic rings. The quantitative estimate of drug-likeness (QED) is 0.417. The van der Waals surface area contributed by atoms with Gasteiger partial charge in [0.1, 0.15) is 5.75 Å². The molecule has 0 saturated carbocycles. The van der Waals surface area contributed by atoms with Crippen molar-refractivity contribution in [2.24, 2.45) is 0 Å². The van der Waals surface area contributed by atoms with Crippen molar-refractivity contribution in [1.29, 1.82) is 0 Å². The van der Waals surface area contributed by atoms with E-state index in [1.54, 1.807) is 17.4 Å². The summed E-state index contributed by atoms with van der Waals surface area (Å²) < 4.78 is 6.65. The molecule has 1 aromatic carbocycles. The van der Waals surface area contributed by atoms with Crippen LogP contribution in [0.15, 0.2) is 40.9 Å². The Hall–Kier alpha value is -1.39. The van der Waals surface area contributed by atoms with E-state index in [4.69, 9.17) is 4.74 Å². The molecule has 0 bridgehead atoms. The Balaban J connectivity index is 2.04. The maximum atomic E-state index is 12.3. The summed E-state index contributed by atoms with van der Waals surface area (Å²) in [6.07, 6.45) is 5.71. The lowest BCUT2D eigenvalue weighted by Gasteiger charge is -2.09. The minimum atomic E-state index is 0.0422. The number of halogens is 1. The lowest BCUT2D eigenvalue weighted by atomic mass is 10.2. The van der Waals surface area contributed by atoms with Crippen molar-refractivity contribution in [2.45, 2.75) is 39.7 Å². The third kappa shape index (κ3) is 5.33. The highest BCUT2D eigenvalue weighted by molar-refractivity contribution is 9.10. The third-order valence-corrected chi connectivity index (χ3v) is 5.34. The number of ether oxygens (including phenoxy) is 1. The van der Waals surface area contributed by atoms with Crippen LogP contribution in [0.3, 0.4) is 0 Å². The van der Waals surface area contributed by atoms with Crippen LogP contribution in [-0.4, -0.2) is 11.9 Å². The fourth-order valence-corrected chi connectivity index (χ4v) is 4.00. The SMILES string of the molecule is CCCc1sc(C(=O)/C=C/c2ccc(OC(C)C)cc2)cc1Br. The van der Waals surface area contributed by atoms with Crippen molar-refractivity contribution in [3.05, 3.63) is 56.2 Å². The second-order valence-electron chi connectivity index (χ2n) is 5.56. The van der Waals surface area contributed by atoms with Crippen molar-refractivity contribution in [3.63, 3.8) is 0 Å². The summed E-state index contributed by atoms with van der Waals surface area (Å²) in [7, 11) is 0. The molecule has 0 aliphatic carbocycles. The number of thiophene rings is 1. The maximum Gasteiger partial charge on any atom is 0.195 e. The highest BCUT2D eigenvalue weighted by Gasteiger charge is 2.10. The van der Waals surface area contributed by atoms with Crippen LogP contribution in [-0.2, 0) is 6.42 Å². The molecular weight excluding hydrogens is 372 g/mol. The van der Waals surface area contributed by atoms with Gasteiger partial charge in [0.15, 0.2) is 5.78 Å². The molecule has 0 unspecified atom stereocenters. The summed E-state index contributed by atoms with van der Waals surface area (Å²) in [5, 5.41) is 0. The highest BCUT2D eigenvalue weighted by Crippen LogP contribution is 2.29. The van der Waals surface area contributed by atoms with Crippen LogP contribution in [0.1, 0.15) is 47.3 Å². The summed E-state index contributed by atoms with van der Waals surface area (Å²) in [6, 6.07) is 9.67. The molecule has 2 aromatic rings. The van der Waals surface area contributed by atoms with Crippen LogP contribution in [0.25, 0.3) is 6.08 Å². The molecule has 0 atom stereocenters. The van der Waals surface area contributed by atoms with E-state index in [1.165, 1.54) is 4.88 Å². The van der Waals surface area contributed by atoms with Crippen LogP contribution in [0.5, 0.6) is 5.75 Å². The number of carbonyl (C=O) groups is 1. The third-order valence-electron chi connectivity index (χ3n) is 3.16. The van der Waals surface area contributed by atoms with Gasteiger partial charge in [0.2, 0.25) is 0 Å². The predicted octanol–water partition coefficient (Wildman–Crippen LogP) is 6.15. The van der Waals surface area contributed by atoms with E-state index in [9.17, 15) is 4.79 Å². The summed E-state index contributed by atoms with van der Waals surface area (Å²) in [5.74, 6) is 0.885. The summed E-state index contributed by atoms with van der Waals surface area (Å²) >= 11 is 5.10. The lowest BCUT2D eigenvalue weighted by Crippen LogP contribution is -2.05. The largest absolute Gasteiger partial charge is 0.491 e. The first kappa shape index (κ1) is 18.0. The first-order valence-electron chi connectivity index (χ1n) is 7.77. The Morgan fingerprint density at radius 3 is 2.61 bits per heavy atom. The molecule has 2 nitrogen and oxygen atoms in total. The molecule has 0 N–H and O–H groups in total. The summed E-state index contributed by atoms with van der Waals surface area (Å²) in [5.41, 5.74) is 0.985. The Labute approximate surface area is 150 Å². The molecule has 0 fully saturated rings. The normalized spacial score (nSPS) is 11.3. The van der Waals surface area contributed by atoms with Gasteiger partial charge in [-0.2, -0.15) is 0 Å². The van der Waals surface area contributed by atoms with Crippen LogP contribution in [0.4, 0.5) is 0 Å². The summed E-state index contributed by atoms with van der Waals surface area (Å²) in [4.78, 5) is 14.3. The first-order valence-corrected chi connectivity index (χ1v) is 9.38. The number of carbonyl (C=O) groups excluding carboxylic acids is 1. The zero-order valence-electron chi connectivity index (χ0n) is 13.6. The molecule has 23 heavy (non-hydrogen) atoms. The molecule has 0 spiro atoms. The van der Waals surface area contributed by atoms with Gasteiger partial charge in [-0.25, -0.2) is 0 Å². The molecule has 0 amide bonds. The number of aryl methyl sites for hydroxylation is 1. The van der Waals surface area contributed by atoms with Crippen molar-refractivity contribution in [1.82, 2.24) is 0 Å². The molecule has 0 saturated heterocycles. The number of hydrogen-bond donors (Lipinski definition) is 0. The van der Waals surface area contributed by atoms with Crippen LogP contribution in [0, 0.1) is 0 Å². The number of benzene rings is 1. The average Bonchev–Trinajstić information content (AvgIpc) is 2.87. The van der Waals surface area contributed by atoms with Crippen LogP contribution >= 0.6 is 27.3 Å². The maximum absolute atomic E-state index is 12.3. The topological polar surface area (TPSA) is 26.3 Å². The fourth-order valence-electron chi connectivity index (χ4n) is 2.11. The van der Waals surface area contributed by atoms with Crippen molar-refractivity contribution in [3.8, 4) is 5.75 Å². The Morgan fingerprint density at radius 1 is 1.30 bits per heavy atom. The molecular formula is C19H21BrO2S. The zero-order chi connectivity index (χ0) is 16.8. The minimum absolute atomic E-state index is 0.0422. The van der Waals surface area contributed by atoms with E-state index >= 15 is 0 Å². The Kier molecular flexibility index (Phi) is 6.60. The molecule has 2 rings (SSSR count). The van der Waals surface area contributed by atoms with Gasteiger partial charge in [-0.1, -0.05) is 31.6 Å². The minimum Gasteiger partial charge on any atom is -0.491 e. The van der Waals surface area contributed by atoms with Gasteiger partial charge in [0.25, 0.3) is 0 Å². The number of allylic oxidation sites excluding steroid dienone is 1. The van der Waals surface area contributed by atoms with E-state index in [0.29, 0.717) is 0 Å². The Bertz CT molecular complexity index is 684. The van der Waals surface area contributed by atoms with E-state index < -0.39 is 0 Å². The molecule has 1 heterocycles. The zero-order valence-corrected chi connectivity index (χ0v) is 16.0. The molecule has 1 aromatic heterocycles. The van der Waals surface area contributed by atoms with Crippen molar-refractivity contribution >= 4 is 39.1 Å². The molecule has 0 aliphatic heterocycles. The number of ketones is 1. The Morgan fingerprint density at radius 2 is 2.00 bits per heavy atom. The fraction of sp³-hybridized carbons (Fsp3) is 0.316. The smallest absolute Gasteiger partial charge is 0.195 e. The second-order valence-corrected chi connectivity index (χ2v) is 7.56. The van der Waals surface area contributed by atoms with E-state index in [-0.39, 0.29) is 11.9 Å². The lowest BCUT2D eigenvalue weighted by molar-refractivity contribution is 0.105. The monoisotopic (exact) mass is 392 g/mol. The van der Waals surface area contributed by atoms with Crippen LogP contribution in [0.2, 0.25) is 0 Å². The van der Waals surface area contributed by atoms with Crippen molar-refractivity contribution in [2.75, 3.05) is 0 Å². The average molecular weight is 393 g/mol. The number of rotatable bonds is 7. The molecule has 122 valence electrons. The summed E-state index contributed by atoms with van der Waals surface area (Å²) in [6.45, 7) is 6.14. The number of hydrogen-bond acceptors (Lipinski definition) is 3. The van der Waals surface area contributed by atoms with Gasteiger partial charge >= 0.3 is 0 Å². The van der Waals surface area contributed by atoms with Gasteiger partial charge in [-0.15, -0.1) is 11.3 Å². The van der Waals surface area contributed by atoms with Crippen molar-refractivity contribution < 1.29 is 9.53 Å². The van der Waals surface area contributed by atoms with Crippen LogP contribution < -0.4 is 4.74 Å². The van der Waals surface area contributed by atoms with E-state index in [2.05, 4.69) is 22.9 Å². The van der Waals surface area contributed by atoms with Gasteiger partial charge in [-0.3, -0.25) is 4.79 Å². The predicted molar refractivity (Wildman–Crippen MR) is 102 cm³/mol. The standard InChI is InChI=1S/C19H21BrO2S/c1-4-5-18-16(20)12-19(23-18)17(21)11-8-14-6-9-15(10-7-14)22-13(2)3/h6-13H,4-5H2,1-3H3/b11-8+.